The van der Waals surface area contributed by atoms with Gasteiger partial charge < -0.3 is 13.7 Å². The Morgan fingerprint density at radius 2 is 0.797 bits per heavy atom. The van der Waals surface area contributed by atoms with Crippen LogP contribution in [0, 0.1) is 0 Å². The van der Waals surface area contributed by atoms with Crippen molar-refractivity contribution in [2.45, 2.75) is 0 Å². The van der Waals surface area contributed by atoms with Crippen LogP contribution in [0.5, 0.6) is 0 Å². The molecule has 59 heavy (non-hydrogen) atoms. The van der Waals surface area contributed by atoms with Crippen molar-refractivity contribution in [3.05, 3.63) is 212 Å². The van der Waals surface area contributed by atoms with Gasteiger partial charge in [-0.1, -0.05) is 176 Å². The molecule has 0 bridgehead atoms. The van der Waals surface area contributed by atoms with Gasteiger partial charge in [0.25, 0.3) is 0 Å². The van der Waals surface area contributed by atoms with Gasteiger partial charge in [0.05, 0.1) is 11.4 Å². The predicted octanol–water partition coefficient (Wildman–Crippen LogP) is 16.3. The van der Waals surface area contributed by atoms with Crippen molar-refractivity contribution in [2.75, 3.05) is 4.90 Å². The number of hydrogen-bond donors (Lipinski definition) is 0. The van der Waals surface area contributed by atoms with E-state index in [1.807, 2.05) is 0 Å². The van der Waals surface area contributed by atoms with Crippen LogP contribution in [0.15, 0.2) is 221 Å². The third-order valence-corrected chi connectivity index (χ3v) is 11.9. The molecular formula is C56H35NO2. The molecule has 0 spiro atoms. The highest BCUT2D eigenvalue weighted by Gasteiger charge is 2.25. The summed E-state index contributed by atoms with van der Waals surface area (Å²) < 4.78 is 14.1. The summed E-state index contributed by atoms with van der Waals surface area (Å²) in [6, 6.07) is 75.4. The van der Waals surface area contributed by atoms with E-state index < -0.39 is 0 Å². The molecule has 0 aliphatic carbocycles. The SMILES string of the molecule is c1ccc(-c2ccc(-c3ccc(N(c4cccc5c4oc4ccc6ccccc6c45)c4cccc5c4oc4c(-c6ccccc6)cc6ccccc6c45)cc3)cc2)cc1. The Morgan fingerprint density at radius 1 is 0.305 bits per heavy atom. The lowest BCUT2D eigenvalue weighted by Gasteiger charge is -2.25. The third kappa shape index (κ3) is 5.36. The molecule has 0 aliphatic rings. The van der Waals surface area contributed by atoms with Crippen LogP contribution >= 0.6 is 0 Å². The zero-order valence-electron chi connectivity index (χ0n) is 32.0. The van der Waals surface area contributed by atoms with Crippen LogP contribution in [0.3, 0.4) is 0 Å². The van der Waals surface area contributed by atoms with E-state index in [0.29, 0.717) is 0 Å². The summed E-state index contributed by atoms with van der Waals surface area (Å²) in [6.45, 7) is 0. The van der Waals surface area contributed by atoms with Gasteiger partial charge in [-0.3, -0.25) is 0 Å². The lowest BCUT2D eigenvalue weighted by atomic mass is 9.96. The van der Waals surface area contributed by atoms with Crippen LogP contribution in [-0.2, 0) is 0 Å². The highest BCUT2D eigenvalue weighted by molar-refractivity contribution is 6.25. The summed E-state index contributed by atoms with van der Waals surface area (Å²) in [6.07, 6.45) is 0. The predicted molar refractivity (Wildman–Crippen MR) is 247 cm³/mol. The minimum absolute atomic E-state index is 0.815. The van der Waals surface area contributed by atoms with Crippen molar-refractivity contribution < 1.29 is 8.83 Å². The van der Waals surface area contributed by atoms with Gasteiger partial charge in [-0.05, 0) is 85.8 Å². The Labute approximate surface area is 340 Å². The Bertz CT molecular complexity index is 3530. The molecule has 0 radical (unpaired) electrons. The fourth-order valence-corrected chi connectivity index (χ4v) is 9.07. The highest BCUT2D eigenvalue weighted by atomic mass is 16.3. The van der Waals surface area contributed by atoms with Crippen LogP contribution in [0.25, 0.3) is 98.8 Å². The summed E-state index contributed by atoms with van der Waals surface area (Å²) in [5.41, 5.74) is 13.1. The molecule has 0 saturated carbocycles. The molecule has 2 heterocycles. The Balaban J connectivity index is 1.09. The quantitative estimate of drug-likeness (QED) is 0.169. The molecule has 12 rings (SSSR count). The van der Waals surface area contributed by atoms with Crippen molar-refractivity contribution in [3.63, 3.8) is 0 Å². The number of fused-ring (bicyclic) bond motifs is 10. The summed E-state index contributed by atoms with van der Waals surface area (Å²) in [5.74, 6) is 0. The zero-order chi connectivity index (χ0) is 38.9. The van der Waals surface area contributed by atoms with E-state index in [1.165, 1.54) is 32.7 Å². The van der Waals surface area contributed by atoms with E-state index >= 15 is 0 Å². The molecule has 12 aromatic rings. The number of hydrogen-bond acceptors (Lipinski definition) is 3. The van der Waals surface area contributed by atoms with Gasteiger partial charge in [-0.15, -0.1) is 0 Å². The van der Waals surface area contributed by atoms with Crippen molar-refractivity contribution in [3.8, 4) is 33.4 Å². The average Bonchev–Trinajstić information content (AvgIpc) is 3.90. The maximum absolute atomic E-state index is 7.20. The van der Waals surface area contributed by atoms with E-state index in [9.17, 15) is 0 Å². The van der Waals surface area contributed by atoms with E-state index in [-0.39, 0.29) is 0 Å². The highest BCUT2D eigenvalue weighted by Crippen LogP contribution is 2.49. The topological polar surface area (TPSA) is 29.5 Å². The standard InChI is InChI=1S/C56H35NO2/c1-3-13-36(14-4-1)37-25-27-38(28-26-37)39-29-32-43(33-30-39)57(49-23-11-21-46-52-44-19-9-7-17-41(44)31-34-51(52)58-54(46)49)50-24-12-22-47-53-45-20-10-8-18-42(45)35-48(56(53)59-55(47)50)40-15-5-2-6-16-40/h1-35H. The molecule has 2 aromatic heterocycles. The maximum Gasteiger partial charge on any atom is 0.159 e. The summed E-state index contributed by atoms with van der Waals surface area (Å²) in [5, 5.41) is 9.07. The molecule has 10 aromatic carbocycles. The molecule has 276 valence electrons. The third-order valence-electron chi connectivity index (χ3n) is 11.9. The first-order chi connectivity index (χ1) is 29.3. The molecule has 0 atom stereocenters. The van der Waals surface area contributed by atoms with E-state index in [1.54, 1.807) is 0 Å². The Kier molecular flexibility index (Phi) is 7.54. The van der Waals surface area contributed by atoms with Crippen molar-refractivity contribution in [1.82, 2.24) is 0 Å². The zero-order valence-corrected chi connectivity index (χ0v) is 32.0. The van der Waals surface area contributed by atoms with Gasteiger partial charge in [0.15, 0.2) is 11.2 Å². The van der Waals surface area contributed by atoms with Crippen LogP contribution < -0.4 is 4.90 Å². The van der Waals surface area contributed by atoms with Gasteiger partial charge in [-0.25, -0.2) is 0 Å². The lowest BCUT2D eigenvalue weighted by Crippen LogP contribution is -2.10. The van der Waals surface area contributed by atoms with Crippen LogP contribution in [0.4, 0.5) is 17.1 Å². The summed E-state index contributed by atoms with van der Waals surface area (Å²) in [7, 11) is 0. The number of benzene rings is 10. The van der Waals surface area contributed by atoms with Crippen LogP contribution in [-0.4, -0.2) is 0 Å². The molecular weight excluding hydrogens is 719 g/mol. The second-order valence-electron chi connectivity index (χ2n) is 15.2. The average molecular weight is 754 g/mol. The van der Waals surface area contributed by atoms with Crippen molar-refractivity contribution in [1.29, 1.82) is 0 Å². The first-order valence-corrected chi connectivity index (χ1v) is 20.1. The minimum atomic E-state index is 0.815. The normalized spacial score (nSPS) is 11.7. The van der Waals surface area contributed by atoms with Gasteiger partial charge in [-0.2, -0.15) is 0 Å². The Morgan fingerprint density at radius 3 is 1.46 bits per heavy atom. The first kappa shape index (κ1) is 33.3. The van der Waals surface area contributed by atoms with Gasteiger partial charge >= 0.3 is 0 Å². The van der Waals surface area contributed by atoms with Crippen molar-refractivity contribution >= 4 is 82.5 Å². The Hall–Kier alpha value is -7.88. The number of nitrogens with zero attached hydrogens (tertiary/aromatic N) is 1. The largest absolute Gasteiger partial charge is 0.454 e. The summed E-state index contributed by atoms with van der Waals surface area (Å²) >= 11 is 0. The second kappa shape index (κ2) is 13.4. The van der Waals surface area contributed by atoms with Gasteiger partial charge in [0, 0.05) is 32.8 Å². The number of rotatable bonds is 6. The summed E-state index contributed by atoms with van der Waals surface area (Å²) in [4.78, 5) is 2.31. The van der Waals surface area contributed by atoms with Gasteiger partial charge in [0.1, 0.15) is 11.2 Å². The molecule has 0 N–H and O–H groups in total. The molecule has 0 amide bonds. The van der Waals surface area contributed by atoms with Gasteiger partial charge in [0.2, 0.25) is 0 Å². The molecule has 0 saturated heterocycles. The number of anilines is 3. The van der Waals surface area contributed by atoms with Crippen LogP contribution in [0.2, 0.25) is 0 Å². The van der Waals surface area contributed by atoms with E-state index in [0.717, 1.165) is 83.2 Å². The van der Waals surface area contributed by atoms with Crippen molar-refractivity contribution in [2.24, 2.45) is 0 Å². The molecule has 3 nitrogen and oxygen atoms in total. The minimum Gasteiger partial charge on any atom is -0.454 e. The maximum atomic E-state index is 7.20. The molecule has 3 heteroatoms. The second-order valence-corrected chi connectivity index (χ2v) is 15.2. The fourth-order valence-electron chi connectivity index (χ4n) is 9.07. The lowest BCUT2D eigenvalue weighted by molar-refractivity contribution is 0.667. The molecule has 0 unspecified atom stereocenters. The smallest absolute Gasteiger partial charge is 0.159 e. The molecule has 0 fully saturated rings. The first-order valence-electron chi connectivity index (χ1n) is 20.1. The van der Waals surface area contributed by atoms with E-state index in [2.05, 4.69) is 217 Å². The molecule has 0 aliphatic heterocycles. The fraction of sp³-hybridized carbons (Fsp3) is 0. The van der Waals surface area contributed by atoms with Crippen LogP contribution in [0.1, 0.15) is 0 Å². The number of furan rings is 2. The number of para-hydroxylation sites is 2. The van der Waals surface area contributed by atoms with E-state index in [4.69, 9.17) is 8.83 Å². The monoisotopic (exact) mass is 753 g/mol.